The van der Waals surface area contributed by atoms with E-state index in [1.807, 2.05) is 43.5 Å². The number of rotatable bonds is 6. The molecule has 3 rings (SSSR count). The van der Waals surface area contributed by atoms with Gasteiger partial charge in [0.1, 0.15) is 0 Å². The number of carboxylic acids is 1. The minimum atomic E-state index is -1.11. The number of hydrogen-bond acceptors (Lipinski definition) is 4. The van der Waals surface area contributed by atoms with Gasteiger partial charge in [-0.05, 0) is 6.92 Å². The molecule has 0 aliphatic carbocycles. The molecule has 0 bridgehead atoms. The van der Waals surface area contributed by atoms with Gasteiger partial charge in [-0.3, -0.25) is 4.68 Å². The molecule has 0 aliphatic rings. The van der Waals surface area contributed by atoms with Gasteiger partial charge in [-0.15, -0.1) is 0 Å². The number of aliphatic hydroxyl groups is 1. The van der Waals surface area contributed by atoms with Crippen LogP contribution in [0.1, 0.15) is 13.0 Å². The second-order valence-corrected chi connectivity index (χ2v) is 5.34. The zero-order valence-electron chi connectivity index (χ0n) is 13.2. The Morgan fingerprint density at radius 3 is 2.58 bits per heavy atom. The SMILES string of the molecule is CCn1cc(-c2c(-c3ccccc3)ncn2[C@@H](CO)C(=O)O)cn1. The van der Waals surface area contributed by atoms with Crippen LogP contribution in [-0.4, -0.2) is 42.1 Å². The van der Waals surface area contributed by atoms with Crippen LogP contribution in [0.3, 0.4) is 0 Å². The first-order valence-corrected chi connectivity index (χ1v) is 7.64. The van der Waals surface area contributed by atoms with Gasteiger partial charge in [0.05, 0.1) is 30.5 Å². The fraction of sp³-hybridized carbons (Fsp3) is 0.235. The van der Waals surface area contributed by atoms with E-state index < -0.39 is 18.6 Å². The van der Waals surface area contributed by atoms with Crippen LogP contribution in [-0.2, 0) is 11.3 Å². The molecule has 2 aromatic heterocycles. The lowest BCUT2D eigenvalue weighted by Gasteiger charge is -2.14. The predicted molar refractivity (Wildman–Crippen MR) is 88.3 cm³/mol. The molecule has 0 unspecified atom stereocenters. The number of aliphatic carboxylic acids is 1. The molecule has 24 heavy (non-hydrogen) atoms. The molecular weight excluding hydrogens is 308 g/mol. The van der Waals surface area contributed by atoms with Gasteiger partial charge in [0.25, 0.3) is 0 Å². The van der Waals surface area contributed by atoms with Gasteiger partial charge < -0.3 is 14.8 Å². The smallest absolute Gasteiger partial charge is 0.329 e. The second kappa shape index (κ2) is 6.67. The van der Waals surface area contributed by atoms with Crippen LogP contribution in [0, 0.1) is 0 Å². The van der Waals surface area contributed by atoms with Gasteiger partial charge in [-0.25, -0.2) is 9.78 Å². The normalized spacial score (nSPS) is 12.2. The largest absolute Gasteiger partial charge is 0.480 e. The van der Waals surface area contributed by atoms with E-state index in [2.05, 4.69) is 10.1 Å². The number of aliphatic hydroxyl groups excluding tert-OH is 1. The van der Waals surface area contributed by atoms with E-state index in [9.17, 15) is 15.0 Å². The molecule has 0 radical (unpaired) electrons. The highest BCUT2D eigenvalue weighted by Gasteiger charge is 2.25. The van der Waals surface area contributed by atoms with Crippen LogP contribution in [0.4, 0.5) is 0 Å². The summed E-state index contributed by atoms with van der Waals surface area (Å²) in [6, 6.07) is 8.42. The number of hydrogen-bond donors (Lipinski definition) is 2. The Kier molecular flexibility index (Phi) is 4.43. The number of imidazole rings is 1. The molecule has 3 aromatic rings. The van der Waals surface area contributed by atoms with Gasteiger partial charge in [-0.2, -0.15) is 5.10 Å². The lowest BCUT2D eigenvalue weighted by Crippen LogP contribution is -2.22. The number of carboxylic acid groups (broad SMARTS) is 1. The molecule has 0 amide bonds. The Hall–Kier alpha value is -2.93. The zero-order valence-corrected chi connectivity index (χ0v) is 13.2. The van der Waals surface area contributed by atoms with E-state index in [-0.39, 0.29) is 0 Å². The summed E-state index contributed by atoms with van der Waals surface area (Å²) in [6.07, 6.45) is 4.98. The average Bonchev–Trinajstić information content (AvgIpc) is 3.22. The highest BCUT2D eigenvalue weighted by Crippen LogP contribution is 2.33. The van der Waals surface area contributed by atoms with Gasteiger partial charge in [-0.1, -0.05) is 30.3 Å². The van der Waals surface area contributed by atoms with Crippen LogP contribution >= 0.6 is 0 Å². The number of aryl methyl sites for hydroxylation is 1. The summed E-state index contributed by atoms with van der Waals surface area (Å²) in [7, 11) is 0. The van der Waals surface area contributed by atoms with Gasteiger partial charge in [0.2, 0.25) is 0 Å². The van der Waals surface area contributed by atoms with E-state index in [0.29, 0.717) is 17.9 Å². The average molecular weight is 326 g/mol. The molecule has 0 spiro atoms. The van der Waals surface area contributed by atoms with Gasteiger partial charge in [0.15, 0.2) is 6.04 Å². The van der Waals surface area contributed by atoms with Gasteiger partial charge >= 0.3 is 5.97 Å². The number of benzene rings is 1. The third-order valence-corrected chi connectivity index (χ3v) is 3.87. The molecule has 7 nitrogen and oxygen atoms in total. The lowest BCUT2D eigenvalue weighted by molar-refractivity contribution is -0.142. The monoisotopic (exact) mass is 326 g/mol. The van der Waals surface area contributed by atoms with E-state index in [1.54, 1.807) is 10.9 Å². The highest BCUT2D eigenvalue weighted by molar-refractivity contribution is 5.80. The first-order valence-electron chi connectivity index (χ1n) is 7.64. The molecule has 0 aliphatic heterocycles. The van der Waals surface area contributed by atoms with Crippen molar-refractivity contribution >= 4 is 5.97 Å². The molecule has 0 saturated carbocycles. The van der Waals surface area contributed by atoms with E-state index >= 15 is 0 Å². The third-order valence-electron chi connectivity index (χ3n) is 3.87. The van der Waals surface area contributed by atoms with Crippen molar-refractivity contribution in [3.63, 3.8) is 0 Å². The standard InChI is InChI=1S/C17H18N4O3/c1-2-20-9-13(8-19-20)16-15(12-6-4-3-5-7-12)18-11-21(16)14(10-22)17(23)24/h3-9,11,14,22H,2,10H2,1H3,(H,23,24)/t14-/m0/s1. The first kappa shape index (κ1) is 15.9. The summed E-state index contributed by atoms with van der Waals surface area (Å²) in [6.45, 7) is 2.16. The van der Waals surface area contributed by atoms with Gasteiger partial charge in [0, 0.05) is 23.9 Å². The Morgan fingerprint density at radius 2 is 2.00 bits per heavy atom. The third kappa shape index (κ3) is 2.81. The molecule has 2 N–H and O–H groups in total. The van der Waals surface area contributed by atoms with Crippen molar-refractivity contribution in [3.8, 4) is 22.5 Å². The zero-order chi connectivity index (χ0) is 17.1. The Bertz CT molecular complexity index is 839. The van der Waals surface area contributed by atoms with E-state index in [0.717, 1.165) is 11.1 Å². The molecule has 0 saturated heterocycles. The molecule has 7 heteroatoms. The fourth-order valence-electron chi connectivity index (χ4n) is 2.63. The molecule has 2 heterocycles. The fourth-order valence-corrected chi connectivity index (χ4v) is 2.63. The quantitative estimate of drug-likeness (QED) is 0.723. The molecular formula is C17H18N4O3. The Balaban J connectivity index is 2.21. The van der Waals surface area contributed by atoms with Crippen molar-refractivity contribution in [2.75, 3.05) is 6.61 Å². The minimum absolute atomic E-state index is 0.519. The number of nitrogens with zero attached hydrogens (tertiary/aromatic N) is 4. The minimum Gasteiger partial charge on any atom is -0.480 e. The summed E-state index contributed by atoms with van der Waals surface area (Å²) in [5, 5.41) is 23.2. The summed E-state index contributed by atoms with van der Waals surface area (Å²) in [4.78, 5) is 15.9. The number of carbonyl (C=O) groups is 1. The maximum Gasteiger partial charge on any atom is 0.329 e. The van der Waals surface area contributed by atoms with Crippen LogP contribution in [0.5, 0.6) is 0 Å². The van der Waals surface area contributed by atoms with Crippen molar-refractivity contribution in [1.82, 2.24) is 19.3 Å². The predicted octanol–water partition coefficient (Wildman–Crippen LogP) is 2.05. The molecule has 1 aromatic carbocycles. The topological polar surface area (TPSA) is 93.2 Å². The first-order chi connectivity index (χ1) is 11.7. The Morgan fingerprint density at radius 1 is 1.25 bits per heavy atom. The van der Waals surface area contributed by atoms with Crippen molar-refractivity contribution in [2.24, 2.45) is 0 Å². The Labute approximate surface area is 138 Å². The molecule has 1 atom stereocenters. The maximum absolute atomic E-state index is 11.5. The number of aromatic nitrogens is 4. The van der Waals surface area contributed by atoms with Crippen LogP contribution in [0.2, 0.25) is 0 Å². The second-order valence-electron chi connectivity index (χ2n) is 5.34. The van der Waals surface area contributed by atoms with Crippen molar-refractivity contribution in [2.45, 2.75) is 19.5 Å². The molecule has 0 fully saturated rings. The molecule has 124 valence electrons. The van der Waals surface area contributed by atoms with E-state index in [4.69, 9.17) is 0 Å². The van der Waals surface area contributed by atoms with Crippen LogP contribution in [0.15, 0.2) is 49.1 Å². The van der Waals surface area contributed by atoms with Crippen LogP contribution < -0.4 is 0 Å². The van der Waals surface area contributed by atoms with Crippen molar-refractivity contribution in [1.29, 1.82) is 0 Å². The summed E-state index contributed by atoms with van der Waals surface area (Å²) in [5.74, 6) is -1.11. The van der Waals surface area contributed by atoms with Crippen molar-refractivity contribution < 1.29 is 15.0 Å². The van der Waals surface area contributed by atoms with Crippen LogP contribution in [0.25, 0.3) is 22.5 Å². The lowest BCUT2D eigenvalue weighted by atomic mass is 10.1. The highest BCUT2D eigenvalue weighted by atomic mass is 16.4. The van der Waals surface area contributed by atoms with Crippen molar-refractivity contribution in [3.05, 3.63) is 49.1 Å². The summed E-state index contributed by atoms with van der Waals surface area (Å²) in [5.41, 5.74) is 2.92. The summed E-state index contributed by atoms with van der Waals surface area (Å²) < 4.78 is 3.25. The van der Waals surface area contributed by atoms with E-state index in [1.165, 1.54) is 10.9 Å². The maximum atomic E-state index is 11.5. The summed E-state index contributed by atoms with van der Waals surface area (Å²) >= 11 is 0.